The second-order valence-corrected chi connectivity index (χ2v) is 5.74. The van der Waals surface area contributed by atoms with E-state index >= 15 is 0 Å². The van der Waals surface area contributed by atoms with Crippen LogP contribution in [0.15, 0.2) is 18.5 Å². The molecule has 1 N–H and O–H groups in total. The number of anilines is 1. The molecule has 5 heteroatoms. The lowest BCUT2D eigenvalue weighted by Crippen LogP contribution is -2.36. The molecule has 1 aromatic heterocycles. The van der Waals surface area contributed by atoms with E-state index in [4.69, 9.17) is 0 Å². The van der Waals surface area contributed by atoms with E-state index in [0.29, 0.717) is 12.5 Å². The molecule has 0 bridgehead atoms. The molecule has 2 fully saturated rings. The van der Waals surface area contributed by atoms with Crippen LogP contribution < -0.4 is 4.90 Å². The van der Waals surface area contributed by atoms with Gasteiger partial charge in [-0.2, -0.15) is 0 Å². The zero-order chi connectivity index (χ0) is 13.3. The predicted molar refractivity (Wildman–Crippen MR) is 70.9 cm³/mol. The Balaban J connectivity index is 1.86. The summed E-state index contributed by atoms with van der Waals surface area (Å²) in [4.78, 5) is 22.1. The summed E-state index contributed by atoms with van der Waals surface area (Å²) < 4.78 is 0. The van der Waals surface area contributed by atoms with Gasteiger partial charge in [-0.25, -0.2) is 9.97 Å². The fourth-order valence-corrected chi connectivity index (χ4v) is 3.68. The van der Waals surface area contributed by atoms with Crippen molar-refractivity contribution in [2.75, 3.05) is 18.0 Å². The third kappa shape index (κ3) is 2.17. The van der Waals surface area contributed by atoms with Gasteiger partial charge in [0.15, 0.2) is 0 Å². The highest BCUT2D eigenvalue weighted by molar-refractivity contribution is 5.73. The first-order valence-corrected chi connectivity index (χ1v) is 6.96. The van der Waals surface area contributed by atoms with Crippen LogP contribution in [0.3, 0.4) is 0 Å². The molecule has 5 nitrogen and oxygen atoms in total. The van der Waals surface area contributed by atoms with Crippen LogP contribution >= 0.6 is 0 Å². The molecule has 19 heavy (non-hydrogen) atoms. The lowest BCUT2D eigenvalue weighted by Gasteiger charge is -2.36. The van der Waals surface area contributed by atoms with Crippen LogP contribution in [0.1, 0.15) is 32.1 Å². The van der Waals surface area contributed by atoms with Gasteiger partial charge < -0.3 is 10.0 Å². The van der Waals surface area contributed by atoms with E-state index in [1.54, 1.807) is 18.5 Å². The van der Waals surface area contributed by atoms with Crippen LogP contribution in [-0.4, -0.2) is 34.1 Å². The van der Waals surface area contributed by atoms with Gasteiger partial charge in [-0.1, -0.05) is 19.3 Å². The maximum Gasteiger partial charge on any atom is 0.308 e. The van der Waals surface area contributed by atoms with Crippen molar-refractivity contribution in [1.29, 1.82) is 0 Å². The largest absolute Gasteiger partial charge is 0.481 e. The van der Waals surface area contributed by atoms with Gasteiger partial charge in [-0.05, 0) is 18.9 Å². The van der Waals surface area contributed by atoms with Crippen molar-refractivity contribution in [3.63, 3.8) is 0 Å². The first-order chi connectivity index (χ1) is 9.21. The number of hydrogen-bond acceptors (Lipinski definition) is 4. The summed E-state index contributed by atoms with van der Waals surface area (Å²) >= 11 is 0. The average Bonchev–Trinajstić information content (AvgIpc) is 2.80. The summed E-state index contributed by atoms with van der Waals surface area (Å²) in [6.07, 6.45) is 8.99. The topological polar surface area (TPSA) is 66.3 Å². The normalized spacial score (nSPS) is 25.7. The first kappa shape index (κ1) is 12.4. The standard InChI is InChI=1S/C14H19N3O2/c18-12(19)11-9-17(13-15-7-4-8-16-13)10-14(11)5-2-1-3-6-14/h4,7-8,11H,1-3,5-6,9-10H2,(H,18,19). The number of carboxylic acids is 1. The van der Waals surface area contributed by atoms with Gasteiger partial charge in [0.2, 0.25) is 5.95 Å². The molecule has 1 spiro atoms. The summed E-state index contributed by atoms with van der Waals surface area (Å²) in [5.74, 6) is -0.284. The second-order valence-electron chi connectivity index (χ2n) is 5.74. The third-order valence-corrected chi connectivity index (χ3v) is 4.63. The Labute approximate surface area is 112 Å². The average molecular weight is 261 g/mol. The summed E-state index contributed by atoms with van der Waals surface area (Å²) in [6.45, 7) is 1.33. The zero-order valence-corrected chi connectivity index (χ0v) is 11.0. The zero-order valence-electron chi connectivity index (χ0n) is 11.0. The van der Waals surface area contributed by atoms with Gasteiger partial charge in [0.1, 0.15) is 0 Å². The highest BCUT2D eigenvalue weighted by Crippen LogP contribution is 2.48. The fraction of sp³-hybridized carbons (Fsp3) is 0.643. The Morgan fingerprint density at radius 3 is 2.58 bits per heavy atom. The van der Waals surface area contributed by atoms with Gasteiger partial charge in [-0.15, -0.1) is 0 Å². The molecule has 2 aliphatic rings. The van der Waals surface area contributed by atoms with E-state index in [1.807, 2.05) is 4.90 Å². The number of nitrogens with zero attached hydrogens (tertiary/aromatic N) is 3. The summed E-state index contributed by atoms with van der Waals surface area (Å²) in [7, 11) is 0. The lowest BCUT2D eigenvalue weighted by molar-refractivity contribution is -0.145. The van der Waals surface area contributed by atoms with Crippen molar-refractivity contribution < 1.29 is 9.90 Å². The molecule has 1 saturated heterocycles. The van der Waals surface area contributed by atoms with Crippen molar-refractivity contribution in [2.45, 2.75) is 32.1 Å². The molecular weight excluding hydrogens is 242 g/mol. The van der Waals surface area contributed by atoms with Gasteiger partial charge in [0.25, 0.3) is 0 Å². The number of aliphatic carboxylic acids is 1. The van der Waals surface area contributed by atoms with E-state index in [9.17, 15) is 9.90 Å². The van der Waals surface area contributed by atoms with Gasteiger partial charge >= 0.3 is 5.97 Å². The quantitative estimate of drug-likeness (QED) is 0.881. The molecule has 0 amide bonds. The van der Waals surface area contributed by atoms with Crippen LogP contribution in [0.2, 0.25) is 0 Å². The smallest absolute Gasteiger partial charge is 0.308 e. The Hall–Kier alpha value is -1.65. The number of carboxylic acid groups (broad SMARTS) is 1. The van der Waals surface area contributed by atoms with Crippen molar-refractivity contribution in [2.24, 2.45) is 11.3 Å². The van der Waals surface area contributed by atoms with Gasteiger partial charge in [0, 0.05) is 30.9 Å². The predicted octanol–water partition coefficient (Wildman–Crippen LogP) is 1.95. The van der Waals surface area contributed by atoms with Gasteiger partial charge in [-0.3, -0.25) is 4.79 Å². The summed E-state index contributed by atoms with van der Waals surface area (Å²) in [5.41, 5.74) is -0.0662. The Morgan fingerprint density at radius 1 is 1.26 bits per heavy atom. The second kappa shape index (κ2) is 4.79. The molecule has 0 aromatic carbocycles. The molecule has 1 unspecified atom stereocenters. The Morgan fingerprint density at radius 2 is 1.95 bits per heavy atom. The monoisotopic (exact) mass is 261 g/mol. The van der Waals surface area contributed by atoms with Crippen molar-refractivity contribution in [3.05, 3.63) is 18.5 Å². The van der Waals surface area contributed by atoms with Crippen molar-refractivity contribution >= 4 is 11.9 Å². The number of hydrogen-bond donors (Lipinski definition) is 1. The van der Waals surface area contributed by atoms with Gasteiger partial charge in [0.05, 0.1) is 5.92 Å². The van der Waals surface area contributed by atoms with Crippen LogP contribution in [-0.2, 0) is 4.79 Å². The fourth-order valence-electron chi connectivity index (χ4n) is 3.68. The molecule has 1 aliphatic heterocycles. The van der Waals surface area contributed by atoms with Crippen molar-refractivity contribution in [1.82, 2.24) is 9.97 Å². The maximum absolute atomic E-state index is 11.6. The molecule has 0 radical (unpaired) electrons. The Kier molecular flexibility index (Phi) is 3.12. The molecule has 3 rings (SSSR count). The van der Waals surface area contributed by atoms with Crippen LogP contribution in [0.5, 0.6) is 0 Å². The van der Waals surface area contributed by atoms with E-state index in [2.05, 4.69) is 9.97 Å². The van der Waals surface area contributed by atoms with E-state index in [0.717, 1.165) is 32.2 Å². The molecule has 1 atom stereocenters. The Bertz CT molecular complexity index is 457. The summed E-state index contributed by atoms with van der Waals surface area (Å²) in [6, 6.07) is 1.78. The number of carbonyl (C=O) groups is 1. The highest BCUT2D eigenvalue weighted by atomic mass is 16.4. The minimum atomic E-state index is -0.666. The minimum Gasteiger partial charge on any atom is -0.481 e. The summed E-state index contributed by atoms with van der Waals surface area (Å²) in [5, 5.41) is 9.53. The SMILES string of the molecule is O=C(O)C1CN(c2ncccn2)CC12CCCCC2. The first-order valence-electron chi connectivity index (χ1n) is 6.96. The molecule has 2 heterocycles. The molecule has 1 saturated carbocycles. The van der Waals surface area contributed by atoms with E-state index in [-0.39, 0.29) is 11.3 Å². The lowest BCUT2D eigenvalue weighted by atomic mass is 9.68. The number of aromatic nitrogens is 2. The minimum absolute atomic E-state index is 0.0662. The maximum atomic E-state index is 11.6. The van der Waals surface area contributed by atoms with Crippen LogP contribution in [0.4, 0.5) is 5.95 Å². The third-order valence-electron chi connectivity index (χ3n) is 4.63. The van der Waals surface area contributed by atoms with E-state index in [1.165, 1.54) is 6.42 Å². The van der Waals surface area contributed by atoms with Crippen LogP contribution in [0.25, 0.3) is 0 Å². The molecule has 102 valence electrons. The van der Waals surface area contributed by atoms with Crippen LogP contribution in [0, 0.1) is 11.3 Å². The molecular formula is C14H19N3O2. The highest BCUT2D eigenvalue weighted by Gasteiger charge is 2.50. The van der Waals surface area contributed by atoms with Crippen molar-refractivity contribution in [3.8, 4) is 0 Å². The van der Waals surface area contributed by atoms with E-state index < -0.39 is 5.97 Å². The number of rotatable bonds is 2. The molecule has 1 aliphatic carbocycles. The molecule has 1 aromatic rings.